The SMILES string of the molecule is CCNC(=NCc1ccc(OC)c(NC(C)=O)c1)N1CCC(c2ccccc2)C1. The largest absolute Gasteiger partial charge is 0.495 e. The summed E-state index contributed by atoms with van der Waals surface area (Å²) < 4.78 is 5.33. The number of carbonyl (C=O) groups is 1. The van der Waals surface area contributed by atoms with Gasteiger partial charge in [0.25, 0.3) is 0 Å². The van der Waals surface area contributed by atoms with Crippen molar-refractivity contribution in [1.82, 2.24) is 10.2 Å². The third-order valence-electron chi connectivity index (χ3n) is 5.08. The maximum Gasteiger partial charge on any atom is 0.221 e. The summed E-state index contributed by atoms with van der Waals surface area (Å²) in [5.74, 6) is 1.99. The minimum atomic E-state index is -0.124. The fourth-order valence-corrected chi connectivity index (χ4v) is 3.68. The number of anilines is 1. The van der Waals surface area contributed by atoms with Crippen LogP contribution in [0.15, 0.2) is 53.5 Å². The molecule has 1 saturated heterocycles. The molecule has 2 aromatic rings. The first-order valence-corrected chi connectivity index (χ1v) is 10.1. The number of amides is 1. The average Bonchev–Trinajstić information content (AvgIpc) is 3.21. The van der Waals surface area contributed by atoms with Crippen molar-refractivity contribution in [2.75, 3.05) is 32.1 Å². The Balaban J connectivity index is 1.72. The highest BCUT2D eigenvalue weighted by molar-refractivity contribution is 5.90. The van der Waals surface area contributed by atoms with E-state index in [4.69, 9.17) is 9.73 Å². The summed E-state index contributed by atoms with van der Waals surface area (Å²) in [6.07, 6.45) is 1.13. The standard InChI is InChI=1S/C23H30N4O2/c1-4-24-23(27-13-12-20(16-27)19-8-6-5-7-9-19)25-15-18-10-11-22(29-3)21(14-18)26-17(2)28/h5-11,14,20H,4,12-13,15-16H2,1-3H3,(H,24,25)(H,26,28). The van der Waals surface area contributed by atoms with Gasteiger partial charge in [0, 0.05) is 32.5 Å². The van der Waals surface area contributed by atoms with Crippen LogP contribution < -0.4 is 15.4 Å². The van der Waals surface area contributed by atoms with E-state index >= 15 is 0 Å². The van der Waals surface area contributed by atoms with Crippen molar-refractivity contribution in [3.05, 3.63) is 59.7 Å². The summed E-state index contributed by atoms with van der Waals surface area (Å²) in [7, 11) is 1.60. The van der Waals surface area contributed by atoms with Crippen molar-refractivity contribution in [2.45, 2.75) is 32.7 Å². The Hall–Kier alpha value is -3.02. The molecule has 0 aromatic heterocycles. The fraction of sp³-hybridized carbons (Fsp3) is 0.391. The first kappa shape index (κ1) is 20.7. The number of ether oxygens (including phenoxy) is 1. The molecule has 6 heteroatoms. The van der Waals surface area contributed by atoms with Gasteiger partial charge in [-0.25, -0.2) is 4.99 Å². The molecular formula is C23H30N4O2. The summed E-state index contributed by atoms with van der Waals surface area (Å²) in [5, 5.41) is 6.24. The van der Waals surface area contributed by atoms with Crippen molar-refractivity contribution in [2.24, 2.45) is 4.99 Å². The maximum atomic E-state index is 11.5. The number of likely N-dealkylation sites (tertiary alicyclic amines) is 1. The number of hydrogen-bond acceptors (Lipinski definition) is 3. The molecule has 2 N–H and O–H groups in total. The van der Waals surface area contributed by atoms with Crippen molar-refractivity contribution in [3.63, 3.8) is 0 Å². The molecule has 1 fully saturated rings. The predicted molar refractivity (Wildman–Crippen MR) is 117 cm³/mol. The first-order valence-electron chi connectivity index (χ1n) is 10.1. The average molecular weight is 395 g/mol. The van der Waals surface area contributed by atoms with Crippen LogP contribution in [0.4, 0.5) is 5.69 Å². The number of nitrogens with one attached hydrogen (secondary N) is 2. The van der Waals surface area contributed by atoms with Crippen molar-refractivity contribution >= 4 is 17.6 Å². The van der Waals surface area contributed by atoms with Gasteiger partial charge in [-0.2, -0.15) is 0 Å². The van der Waals surface area contributed by atoms with Crippen LogP contribution in [0, 0.1) is 0 Å². The Morgan fingerprint density at radius 3 is 2.72 bits per heavy atom. The molecular weight excluding hydrogens is 364 g/mol. The highest BCUT2D eigenvalue weighted by Crippen LogP contribution is 2.28. The molecule has 1 unspecified atom stereocenters. The third-order valence-corrected chi connectivity index (χ3v) is 5.08. The molecule has 3 rings (SSSR count). The van der Waals surface area contributed by atoms with Crippen LogP contribution in [-0.2, 0) is 11.3 Å². The number of guanidine groups is 1. The fourth-order valence-electron chi connectivity index (χ4n) is 3.68. The van der Waals surface area contributed by atoms with Crippen LogP contribution in [0.25, 0.3) is 0 Å². The van der Waals surface area contributed by atoms with E-state index in [1.807, 2.05) is 18.2 Å². The van der Waals surface area contributed by atoms with Crippen molar-refractivity contribution in [1.29, 1.82) is 0 Å². The number of carbonyl (C=O) groups excluding carboxylic acids is 1. The van der Waals surface area contributed by atoms with Crippen LogP contribution >= 0.6 is 0 Å². The summed E-state index contributed by atoms with van der Waals surface area (Å²) in [4.78, 5) is 18.6. The van der Waals surface area contributed by atoms with Gasteiger partial charge in [-0.15, -0.1) is 0 Å². The Bertz CT molecular complexity index is 851. The highest BCUT2D eigenvalue weighted by Gasteiger charge is 2.25. The monoisotopic (exact) mass is 394 g/mol. The van der Waals surface area contributed by atoms with Crippen LogP contribution in [0.3, 0.4) is 0 Å². The lowest BCUT2D eigenvalue weighted by Crippen LogP contribution is -2.40. The summed E-state index contributed by atoms with van der Waals surface area (Å²) in [5.41, 5.74) is 3.08. The molecule has 1 atom stereocenters. The molecule has 0 saturated carbocycles. The second-order valence-electron chi connectivity index (χ2n) is 7.23. The molecule has 1 aliphatic heterocycles. The van der Waals surface area contributed by atoms with Gasteiger partial charge in [0.2, 0.25) is 5.91 Å². The van der Waals surface area contributed by atoms with E-state index in [9.17, 15) is 4.79 Å². The molecule has 154 valence electrons. The van der Waals surface area contributed by atoms with E-state index in [-0.39, 0.29) is 5.91 Å². The number of methoxy groups -OCH3 is 1. The molecule has 1 aliphatic rings. The molecule has 0 bridgehead atoms. The van der Waals surface area contributed by atoms with E-state index in [0.29, 0.717) is 23.9 Å². The lowest BCUT2D eigenvalue weighted by molar-refractivity contribution is -0.114. The van der Waals surface area contributed by atoms with Gasteiger partial charge in [-0.05, 0) is 36.6 Å². The molecule has 0 aliphatic carbocycles. The van der Waals surface area contributed by atoms with E-state index < -0.39 is 0 Å². The molecule has 6 nitrogen and oxygen atoms in total. The Morgan fingerprint density at radius 1 is 1.24 bits per heavy atom. The summed E-state index contributed by atoms with van der Waals surface area (Å²) >= 11 is 0. The van der Waals surface area contributed by atoms with Crippen LogP contribution in [0.2, 0.25) is 0 Å². The van der Waals surface area contributed by atoms with E-state index in [1.54, 1.807) is 7.11 Å². The van der Waals surface area contributed by atoms with Gasteiger partial charge in [0.05, 0.1) is 19.3 Å². The number of aliphatic imine (C=N–C) groups is 1. The quantitative estimate of drug-likeness (QED) is 0.580. The van der Waals surface area contributed by atoms with Crippen LogP contribution in [0.5, 0.6) is 5.75 Å². The Kier molecular flexibility index (Phi) is 7.11. The Morgan fingerprint density at radius 2 is 2.03 bits per heavy atom. The van der Waals surface area contributed by atoms with Crippen molar-refractivity contribution < 1.29 is 9.53 Å². The maximum absolute atomic E-state index is 11.5. The van der Waals surface area contributed by atoms with E-state index in [0.717, 1.165) is 37.6 Å². The zero-order valence-corrected chi connectivity index (χ0v) is 17.4. The predicted octanol–water partition coefficient (Wildman–Crippen LogP) is 3.61. The van der Waals surface area contributed by atoms with Gasteiger partial charge in [0.1, 0.15) is 5.75 Å². The summed E-state index contributed by atoms with van der Waals surface area (Å²) in [6.45, 7) is 6.89. The topological polar surface area (TPSA) is 66.0 Å². The second kappa shape index (κ2) is 9.96. The molecule has 2 aromatic carbocycles. The van der Waals surface area contributed by atoms with Gasteiger partial charge >= 0.3 is 0 Å². The zero-order valence-electron chi connectivity index (χ0n) is 17.4. The molecule has 1 amide bonds. The first-order chi connectivity index (χ1) is 14.1. The third kappa shape index (κ3) is 5.50. The highest BCUT2D eigenvalue weighted by atomic mass is 16.5. The molecule has 0 spiro atoms. The van der Waals surface area contributed by atoms with Crippen molar-refractivity contribution in [3.8, 4) is 5.75 Å². The lowest BCUT2D eigenvalue weighted by atomic mass is 9.99. The van der Waals surface area contributed by atoms with Gasteiger partial charge in [-0.3, -0.25) is 4.79 Å². The summed E-state index contributed by atoms with van der Waals surface area (Å²) in [6, 6.07) is 16.5. The molecule has 29 heavy (non-hydrogen) atoms. The molecule has 1 heterocycles. The van der Waals surface area contributed by atoms with Crippen LogP contribution in [-0.4, -0.2) is 43.5 Å². The Labute approximate surface area is 173 Å². The van der Waals surface area contributed by atoms with Crippen LogP contribution in [0.1, 0.15) is 37.3 Å². The smallest absolute Gasteiger partial charge is 0.221 e. The molecule has 0 radical (unpaired) electrons. The lowest BCUT2D eigenvalue weighted by Gasteiger charge is -2.22. The van der Waals surface area contributed by atoms with Gasteiger partial charge in [-0.1, -0.05) is 36.4 Å². The second-order valence-corrected chi connectivity index (χ2v) is 7.23. The normalized spacial score (nSPS) is 16.6. The zero-order chi connectivity index (χ0) is 20.6. The number of nitrogens with zero attached hydrogens (tertiary/aromatic N) is 2. The minimum Gasteiger partial charge on any atom is -0.495 e. The van der Waals surface area contributed by atoms with E-state index in [1.165, 1.54) is 12.5 Å². The number of hydrogen-bond donors (Lipinski definition) is 2. The van der Waals surface area contributed by atoms with Gasteiger partial charge < -0.3 is 20.3 Å². The minimum absolute atomic E-state index is 0.124. The van der Waals surface area contributed by atoms with E-state index in [2.05, 4.69) is 52.8 Å². The van der Waals surface area contributed by atoms with Gasteiger partial charge in [0.15, 0.2) is 5.96 Å². The number of benzene rings is 2. The number of rotatable bonds is 6.